The predicted octanol–water partition coefficient (Wildman–Crippen LogP) is 5.42. The molecule has 7 heteroatoms. The fourth-order valence-corrected chi connectivity index (χ4v) is 3.62. The number of carbonyl (C=O) groups is 1. The van der Waals surface area contributed by atoms with Crippen molar-refractivity contribution in [3.05, 3.63) is 105 Å². The molecule has 0 aliphatic rings. The molecule has 0 unspecified atom stereocenters. The minimum absolute atomic E-state index is 0.119. The molecule has 162 valence electrons. The number of hydrogen-bond donors (Lipinski definition) is 2. The number of amides is 2. The monoisotopic (exact) mass is 447 g/mol. The van der Waals surface area contributed by atoms with Crippen LogP contribution in [0.1, 0.15) is 11.1 Å². The number of carbonyl (C=O) groups excluding carboxylic acids is 1. The van der Waals surface area contributed by atoms with Crippen LogP contribution in [-0.4, -0.2) is 23.0 Å². The summed E-state index contributed by atoms with van der Waals surface area (Å²) in [7, 11) is 1.59. The van der Waals surface area contributed by atoms with Gasteiger partial charge in [0.25, 0.3) is 5.56 Å². The van der Waals surface area contributed by atoms with Crippen molar-refractivity contribution in [1.29, 1.82) is 0 Å². The van der Waals surface area contributed by atoms with Crippen LogP contribution in [0.5, 0.6) is 5.75 Å². The molecule has 0 atom stereocenters. The maximum Gasteiger partial charge on any atom is 0.322 e. The van der Waals surface area contributed by atoms with Gasteiger partial charge >= 0.3 is 6.03 Å². The van der Waals surface area contributed by atoms with Gasteiger partial charge in [0, 0.05) is 23.0 Å². The Morgan fingerprint density at radius 3 is 2.50 bits per heavy atom. The molecule has 0 fully saturated rings. The van der Waals surface area contributed by atoms with Gasteiger partial charge in [0.1, 0.15) is 5.75 Å². The first kappa shape index (κ1) is 21.5. The van der Waals surface area contributed by atoms with Crippen molar-refractivity contribution < 1.29 is 9.53 Å². The number of nitrogens with one attached hydrogen (secondary N) is 2. The maximum atomic E-state index is 13.2. The van der Waals surface area contributed by atoms with Gasteiger partial charge in [0.2, 0.25) is 0 Å². The lowest BCUT2D eigenvalue weighted by Gasteiger charge is -2.23. The average molecular weight is 448 g/mol. The Morgan fingerprint density at radius 1 is 1.00 bits per heavy atom. The number of rotatable bonds is 6. The molecule has 6 nitrogen and oxygen atoms in total. The zero-order chi connectivity index (χ0) is 22.5. The highest BCUT2D eigenvalue weighted by Gasteiger charge is 2.18. The second-order valence-electron chi connectivity index (χ2n) is 7.33. The van der Waals surface area contributed by atoms with Crippen LogP contribution in [0.2, 0.25) is 5.02 Å². The number of halogens is 1. The number of hydrogen-bond acceptors (Lipinski definition) is 3. The number of anilines is 1. The topological polar surface area (TPSA) is 74.4 Å². The number of fused-ring (bicyclic) bond motifs is 1. The van der Waals surface area contributed by atoms with Gasteiger partial charge in [-0.25, -0.2) is 4.79 Å². The number of methoxy groups -OCH3 is 1. The largest absolute Gasteiger partial charge is 0.497 e. The van der Waals surface area contributed by atoms with E-state index in [1.807, 2.05) is 36.4 Å². The van der Waals surface area contributed by atoms with Crippen LogP contribution in [0.15, 0.2) is 83.7 Å². The van der Waals surface area contributed by atoms with E-state index in [-0.39, 0.29) is 18.1 Å². The summed E-state index contributed by atoms with van der Waals surface area (Å²) < 4.78 is 5.29. The Labute approximate surface area is 190 Å². The standard InChI is InChI=1S/C25H22ClN3O3/c1-32-20-11-12-22-18(14-20)13-19(24(30)27-22)16-29(15-17-7-3-2-4-8-17)25(31)28-23-10-6-5-9-21(23)26/h2-14H,15-16H2,1H3,(H,27,30)(H,28,31). The van der Waals surface area contributed by atoms with Crippen molar-refractivity contribution in [2.75, 3.05) is 12.4 Å². The molecule has 0 bridgehead atoms. The molecule has 4 rings (SSSR count). The van der Waals surface area contributed by atoms with E-state index in [0.29, 0.717) is 34.1 Å². The molecule has 0 aliphatic heterocycles. The van der Waals surface area contributed by atoms with Gasteiger partial charge in [-0.1, -0.05) is 54.1 Å². The van der Waals surface area contributed by atoms with E-state index in [4.69, 9.17) is 16.3 Å². The minimum Gasteiger partial charge on any atom is -0.497 e. The first-order chi connectivity index (χ1) is 15.5. The number of H-pyrrole nitrogens is 1. The number of pyridine rings is 1. The minimum atomic E-state index is -0.355. The summed E-state index contributed by atoms with van der Waals surface area (Å²) in [4.78, 5) is 30.4. The van der Waals surface area contributed by atoms with Crippen LogP contribution in [0.4, 0.5) is 10.5 Å². The molecule has 32 heavy (non-hydrogen) atoms. The number of ether oxygens (including phenoxy) is 1. The molecule has 0 spiro atoms. The Bertz CT molecular complexity index is 1300. The van der Waals surface area contributed by atoms with Gasteiger partial charge in [-0.2, -0.15) is 0 Å². The van der Waals surface area contributed by atoms with Crippen molar-refractivity contribution in [3.8, 4) is 5.75 Å². The molecule has 0 saturated carbocycles. The Balaban J connectivity index is 1.66. The van der Waals surface area contributed by atoms with E-state index in [2.05, 4.69) is 10.3 Å². The van der Waals surface area contributed by atoms with E-state index < -0.39 is 0 Å². The highest BCUT2D eigenvalue weighted by atomic mass is 35.5. The number of aromatic nitrogens is 1. The SMILES string of the molecule is COc1ccc2[nH]c(=O)c(CN(Cc3ccccc3)C(=O)Nc3ccccc3Cl)cc2c1. The third kappa shape index (κ3) is 4.92. The lowest BCUT2D eigenvalue weighted by Crippen LogP contribution is -2.35. The second-order valence-corrected chi connectivity index (χ2v) is 7.74. The Morgan fingerprint density at radius 2 is 1.75 bits per heavy atom. The molecule has 2 N–H and O–H groups in total. The first-order valence-corrected chi connectivity index (χ1v) is 10.5. The molecule has 1 heterocycles. The number of nitrogens with zero attached hydrogens (tertiary/aromatic N) is 1. The van der Waals surface area contributed by atoms with E-state index in [1.165, 1.54) is 0 Å². The zero-order valence-corrected chi connectivity index (χ0v) is 18.2. The molecule has 1 aromatic heterocycles. The number of para-hydroxylation sites is 1. The summed E-state index contributed by atoms with van der Waals surface area (Å²) in [6.07, 6.45) is 0. The summed E-state index contributed by atoms with van der Waals surface area (Å²) in [6, 6.07) is 23.5. The molecule has 0 saturated heterocycles. The molecule has 0 radical (unpaired) electrons. The fourth-order valence-electron chi connectivity index (χ4n) is 3.44. The molecule has 3 aromatic carbocycles. The van der Waals surface area contributed by atoms with Gasteiger partial charge < -0.3 is 19.9 Å². The van der Waals surface area contributed by atoms with Crippen molar-refractivity contribution in [3.63, 3.8) is 0 Å². The van der Waals surface area contributed by atoms with Crippen LogP contribution in [-0.2, 0) is 13.1 Å². The Hall–Kier alpha value is -3.77. The quantitative estimate of drug-likeness (QED) is 0.414. The third-order valence-electron chi connectivity index (χ3n) is 5.11. The van der Waals surface area contributed by atoms with Crippen LogP contribution in [0.3, 0.4) is 0 Å². The van der Waals surface area contributed by atoms with E-state index >= 15 is 0 Å². The number of benzene rings is 3. The van der Waals surface area contributed by atoms with Crippen LogP contribution >= 0.6 is 11.6 Å². The normalized spacial score (nSPS) is 10.7. The summed E-state index contributed by atoms with van der Waals surface area (Å²) in [5.74, 6) is 0.688. The zero-order valence-electron chi connectivity index (χ0n) is 17.5. The molecule has 4 aromatic rings. The van der Waals surface area contributed by atoms with E-state index in [1.54, 1.807) is 54.5 Å². The van der Waals surface area contributed by atoms with Gasteiger partial charge in [-0.3, -0.25) is 4.79 Å². The van der Waals surface area contributed by atoms with Gasteiger partial charge in [-0.15, -0.1) is 0 Å². The lowest BCUT2D eigenvalue weighted by atomic mass is 10.1. The summed E-state index contributed by atoms with van der Waals surface area (Å²) in [5.41, 5.74) is 2.38. The molecule has 2 amide bonds. The van der Waals surface area contributed by atoms with Gasteiger partial charge in [-0.05, 0) is 42.0 Å². The maximum absolute atomic E-state index is 13.2. The fraction of sp³-hybridized carbons (Fsp3) is 0.120. The van der Waals surface area contributed by atoms with Crippen molar-refractivity contribution in [2.24, 2.45) is 0 Å². The lowest BCUT2D eigenvalue weighted by molar-refractivity contribution is 0.206. The van der Waals surface area contributed by atoms with Gasteiger partial charge in [0.05, 0.1) is 24.4 Å². The highest BCUT2D eigenvalue weighted by molar-refractivity contribution is 6.33. The molecular formula is C25H22ClN3O3. The van der Waals surface area contributed by atoms with Crippen molar-refractivity contribution in [2.45, 2.75) is 13.1 Å². The average Bonchev–Trinajstić information content (AvgIpc) is 2.81. The first-order valence-electron chi connectivity index (χ1n) is 10.1. The molecule has 0 aliphatic carbocycles. The Kier molecular flexibility index (Phi) is 6.42. The summed E-state index contributed by atoms with van der Waals surface area (Å²) >= 11 is 6.21. The van der Waals surface area contributed by atoms with E-state index in [0.717, 1.165) is 10.9 Å². The van der Waals surface area contributed by atoms with Crippen LogP contribution in [0, 0.1) is 0 Å². The smallest absolute Gasteiger partial charge is 0.322 e. The summed E-state index contributed by atoms with van der Waals surface area (Å²) in [6.45, 7) is 0.445. The van der Waals surface area contributed by atoms with Gasteiger partial charge in [0.15, 0.2) is 0 Å². The number of urea groups is 1. The predicted molar refractivity (Wildman–Crippen MR) is 127 cm³/mol. The van der Waals surface area contributed by atoms with Crippen LogP contribution < -0.4 is 15.6 Å². The summed E-state index contributed by atoms with van der Waals surface area (Å²) in [5, 5.41) is 4.11. The van der Waals surface area contributed by atoms with Crippen molar-refractivity contribution >= 4 is 34.2 Å². The highest BCUT2D eigenvalue weighted by Crippen LogP contribution is 2.22. The second kappa shape index (κ2) is 9.58. The van der Waals surface area contributed by atoms with Crippen LogP contribution in [0.25, 0.3) is 10.9 Å². The third-order valence-corrected chi connectivity index (χ3v) is 5.44. The van der Waals surface area contributed by atoms with E-state index in [9.17, 15) is 9.59 Å². The molecular weight excluding hydrogens is 426 g/mol. The van der Waals surface area contributed by atoms with Crippen molar-refractivity contribution in [1.82, 2.24) is 9.88 Å². The number of aromatic amines is 1.